The van der Waals surface area contributed by atoms with Gasteiger partial charge in [-0.15, -0.1) is 0 Å². The van der Waals surface area contributed by atoms with Crippen molar-refractivity contribution in [2.45, 2.75) is 32.4 Å². The molecule has 2 heterocycles. The fraction of sp³-hybridized carbons (Fsp3) is 0.538. The number of hydrogen-bond acceptors (Lipinski definition) is 6. The molecule has 0 spiro atoms. The number of aromatic nitrogens is 1. The minimum atomic E-state index is -0.528. The minimum Gasteiger partial charge on any atom is -0.444 e. The zero-order chi connectivity index (χ0) is 15.6. The van der Waals surface area contributed by atoms with Crippen LogP contribution in [0.15, 0.2) is 18.5 Å². The van der Waals surface area contributed by atoms with Crippen molar-refractivity contribution in [2.24, 2.45) is 0 Å². The van der Waals surface area contributed by atoms with Crippen LogP contribution in [-0.4, -0.2) is 45.6 Å². The van der Waals surface area contributed by atoms with Crippen LogP contribution in [0.2, 0.25) is 0 Å². The first-order valence-corrected chi connectivity index (χ1v) is 6.59. The third kappa shape index (κ3) is 3.80. The number of hydrogen-bond donors (Lipinski definition) is 1. The second-order valence-electron chi connectivity index (χ2n) is 5.88. The van der Waals surface area contributed by atoms with Gasteiger partial charge in [-0.05, 0) is 26.8 Å². The summed E-state index contributed by atoms with van der Waals surface area (Å²) < 4.78 is 5.24. The highest BCUT2D eigenvalue weighted by molar-refractivity contribution is 5.70. The monoisotopic (exact) mass is 294 g/mol. The molecule has 1 saturated heterocycles. The number of carbonyl (C=O) groups is 1. The summed E-state index contributed by atoms with van der Waals surface area (Å²) in [4.78, 5) is 27.5. The summed E-state index contributed by atoms with van der Waals surface area (Å²) in [5, 5.41) is 13.9. The first kappa shape index (κ1) is 15.0. The lowest BCUT2D eigenvalue weighted by atomic mass is 10.1. The molecule has 0 radical (unpaired) electrons. The molecule has 0 aliphatic carbocycles. The summed E-state index contributed by atoms with van der Waals surface area (Å²) in [5.74, 6) is 0. The second-order valence-corrected chi connectivity index (χ2v) is 5.88. The number of ether oxygens (including phenoxy) is 1. The molecular weight excluding hydrogens is 276 g/mol. The molecule has 1 amide bonds. The predicted octanol–water partition coefficient (Wildman–Crippen LogP) is 2.02. The van der Waals surface area contributed by atoms with E-state index in [2.05, 4.69) is 10.3 Å². The Hall–Kier alpha value is -2.38. The molecule has 0 unspecified atom stereocenters. The lowest BCUT2D eigenvalue weighted by molar-refractivity contribution is -0.384. The Kier molecular flexibility index (Phi) is 3.97. The Balaban J connectivity index is 1.89. The number of anilines is 1. The number of nitrogens with one attached hydrogen (secondary N) is 1. The number of likely N-dealkylation sites (tertiary alicyclic amines) is 1. The van der Waals surface area contributed by atoms with Gasteiger partial charge in [-0.1, -0.05) is 0 Å². The van der Waals surface area contributed by atoms with Crippen molar-refractivity contribution in [3.8, 4) is 0 Å². The standard InChI is InChI=1S/C13H18N4O4/c1-13(2,3)21-12(18)16-7-9(8-16)15-10-4-5-14-6-11(10)17(19)20/h4-6,9H,7-8H2,1-3H3,(H,14,15). The van der Waals surface area contributed by atoms with Crippen LogP contribution < -0.4 is 5.32 Å². The fourth-order valence-corrected chi connectivity index (χ4v) is 1.92. The average molecular weight is 294 g/mol. The van der Waals surface area contributed by atoms with E-state index in [1.165, 1.54) is 12.4 Å². The van der Waals surface area contributed by atoms with Crippen molar-refractivity contribution in [3.63, 3.8) is 0 Å². The first-order valence-electron chi connectivity index (χ1n) is 6.59. The Labute approximate surface area is 122 Å². The van der Waals surface area contributed by atoms with Crippen LogP contribution in [0.25, 0.3) is 0 Å². The summed E-state index contributed by atoms with van der Waals surface area (Å²) in [5.41, 5.74) is -0.198. The molecule has 1 aromatic rings. The van der Waals surface area contributed by atoms with Gasteiger partial charge in [-0.2, -0.15) is 0 Å². The molecular formula is C13H18N4O4. The van der Waals surface area contributed by atoms with Crippen molar-refractivity contribution in [1.29, 1.82) is 0 Å². The summed E-state index contributed by atoms with van der Waals surface area (Å²) in [6.45, 7) is 6.32. The number of nitro groups is 1. The van der Waals surface area contributed by atoms with Crippen molar-refractivity contribution in [3.05, 3.63) is 28.6 Å². The van der Waals surface area contributed by atoms with E-state index in [9.17, 15) is 14.9 Å². The lowest BCUT2D eigenvalue weighted by Gasteiger charge is -2.40. The zero-order valence-electron chi connectivity index (χ0n) is 12.2. The first-order chi connectivity index (χ1) is 9.76. The van der Waals surface area contributed by atoms with Gasteiger partial charge >= 0.3 is 11.8 Å². The molecule has 1 aromatic heterocycles. The molecule has 1 N–H and O–H groups in total. The fourth-order valence-electron chi connectivity index (χ4n) is 1.92. The van der Waals surface area contributed by atoms with Crippen LogP contribution in [-0.2, 0) is 4.74 Å². The van der Waals surface area contributed by atoms with Crippen LogP contribution in [0.3, 0.4) is 0 Å². The third-order valence-electron chi connectivity index (χ3n) is 2.89. The van der Waals surface area contributed by atoms with E-state index in [4.69, 9.17) is 4.74 Å². The summed E-state index contributed by atoms with van der Waals surface area (Å²) in [6, 6.07) is 1.52. The number of amides is 1. The molecule has 114 valence electrons. The van der Waals surface area contributed by atoms with Crippen molar-refractivity contribution in [2.75, 3.05) is 18.4 Å². The Morgan fingerprint density at radius 1 is 1.52 bits per heavy atom. The van der Waals surface area contributed by atoms with Crippen molar-refractivity contribution >= 4 is 17.5 Å². The average Bonchev–Trinajstić information content (AvgIpc) is 2.31. The molecule has 1 fully saturated rings. The van der Waals surface area contributed by atoms with Gasteiger partial charge in [-0.3, -0.25) is 15.1 Å². The smallest absolute Gasteiger partial charge is 0.410 e. The third-order valence-corrected chi connectivity index (χ3v) is 2.89. The summed E-state index contributed by atoms with van der Waals surface area (Å²) >= 11 is 0. The van der Waals surface area contributed by atoms with Crippen LogP contribution in [0.4, 0.5) is 16.2 Å². The second kappa shape index (κ2) is 5.55. The van der Waals surface area contributed by atoms with Crippen LogP contribution >= 0.6 is 0 Å². The molecule has 2 rings (SSSR count). The van der Waals surface area contributed by atoms with Gasteiger partial charge in [0, 0.05) is 19.3 Å². The van der Waals surface area contributed by atoms with E-state index in [0.29, 0.717) is 18.8 Å². The lowest BCUT2D eigenvalue weighted by Crippen LogP contribution is -2.57. The maximum absolute atomic E-state index is 11.8. The van der Waals surface area contributed by atoms with E-state index in [1.54, 1.807) is 31.7 Å². The van der Waals surface area contributed by atoms with Gasteiger partial charge in [0.15, 0.2) is 0 Å². The van der Waals surface area contributed by atoms with E-state index in [1.807, 2.05) is 0 Å². The molecule has 0 saturated carbocycles. The predicted molar refractivity (Wildman–Crippen MR) is 76.1 cm³/mol. The molecule has 21 heavy (non-hydrogen) atoms. The zero-order valence-corrected chi connectivity index (χ0v) is 12.2. The Bertz CT molecular complexity index is 549. The molecule has 1 aliphatic rings. The minimum absolute atomic E-state index is 0.0291. The summed E-state index contributed by atoms with van der Waals surface area (Å²) in [6.07, 6.45) is 2.32. The van der Waals surface area contributed by atoms with Gasteiger partial charge in [-0.25, -0.2) is 4.79 Å². The number of rotatable bonds is 3. The molecule has 8 nitrogen and oxygen atoms in total. The van der Waals surface area contributed by atoms with Gasteiger partial charge in [0.1, 0.15) is 17.5 Å². The quantitative estimate of drug-likeness (QED) is 0.676. The largest absolute Gasteiger partial charge is 0.444 e. The summed E-state index contributed by atoms with van der Waals surface area (Å²) in [7, 11) is 0. The Morgan fingerprint density at radius 3 is 2.76 bits per heavy atom. The highest BCUT2D eigenvalue weighted by Crippen LogP contribution is 2.25. The van der Waals surface area contributed by atoms with Gasteiger partial charge in [0.05, 0.1) is 11.0 Å². The topological polar surface area (TPSA) is 97.6 Å². The van der Waals surface area contributed by atoms with E-state index in [-0.39, 0.29) is 17.8 Å². The van der Waals surface area contributed by atoms with Crippen LogP contribution in [0.5, 0.6) is 0 Å². The normalized spacial score (nSPS) is 15.3. The number of nitrogens with zero attached hydrogens (tertiary/aromatic N) is 3. The van der Waals surface area contributed by atoms with Gasteiger partial charge in [0.2, 0.25) is 0 Å². The number of carbonyl (C=O) groups excluding carboxylic acids is 1. The maximum atomic E-state index is 11.8. The maximum Gasteiger partial charge on any atom is 0.410 e. The highest BCUT2D eigenvalue weighted by atomic mass is 16.6. The van der Waals surface area contributed by atoms with E-state index < -0.39 is 10.5 Å². The SMILES string of the molecule is CC(C)(C)OC(=O)N1CC(Nc2ccncc2[N+](=O)[O-])C1. The van der Waals surface area contributed by atoms with Crippen molar-refractivity contribution in [1.82, 2.24) is 9.88 Å². The molecule has 1 aliphatic heterocycles. The molecule has 0 aromatic carbocycles. The van der Waals surface area contributed by atoms with Crippen molar-refractivity contribution < 1.29 is 14.5 Å². The van der Waals surface area contributed by atoms with Crippen LogP contribution in [0.1, 0.15) is 20.8 Å². The van der Waals surface area contributed by atoms with Gasteiger partial charge < -0.3 is 15.0 Å². The molecule has 0 atom stereocenters. The van der Waals surface area contributed by atoms with E-state index >= 15 is 0 Å². The molecule has 0 bridgehead atoms. The highest BCUT2D eigenvalue weighted by Gasteiger charge is 2.34. The van der Waals surface area contributed by atoms with E-state index in [0.717, 1.165) is 0 Å². The van der Waals surface area contributed by atoms with Gasteiger partial charge in [0.25, 0.3) is 0 Å². The number of pyridine rings is 1. The van der Waals surface area contributed by atoms with Crippen LogP contribution in [0, 0.1) is 10.1 Å². The molecule has 8 heteroatoms. The Morgan fingerprint density at radius 2 is 2.19 bits per heavy atom.